The monoisotopic (exact) mass is 366 g/mol. The molecule has 132 valence electrons. The third-order valence-corrected chi connectivity index (χ3v) is 4.17. The van der Waals surface area contributed by atoms with Crippen molar-refractivity contribution in [2.75, 3.05) is 0 Å². The maximum absolute atomic E-state index is 13.4. The highest BCUT2D eigenvalue weighted by Crippen LogP contribution is 2.41. The van der Waals surface area contributed by atoms with E-state index in [4.69, 9.17) is 0 Å². The zero-order valence-electron chi connectivity index (χ0n) is 12.8. The van der Waals surface area contributed by atoms with E-state index in [0.717, 1.165) is 11.5 Å². The number of aromatic nitrogens is 2. The summed E-state index contributed by atoms with van der Waals surface area (Å²) in [4.78, 5) is 0. The Labute approximate surface area is 142 Å². The molecule has 0 saturated heterocycles. The zero-order valence-corrected chi connectivity index (χ0v) is 12.8. The van der Waals surface area contributed by atoms with Gasteiger partial charge in [0.1, 0.15) is 0 Å². The van der Waals surface area contributed by atoms with Crippen molar-refractivity contribution >= 4 is 32.3 Å². The molecule has 0 spiro atoms. The molecular weight excluding hydrogens is 358 g/mol. The molecule has 1 heterocycles. The maximum atomic E-state index is 13.4. The fourth-order valence-corrected chi connectivity index (χ4v) is 3.08. The van der Waals surface area contributed by atoms with E-state index in [1.165, 1.54) is 12.1 Å². The SMILES string of the molecule is FC(F)(F)c1nnc(C(F)(F)F)c2c1ccc1cc3ccccc3cc12. The van der Waals surface area contributed by atoms with Gasteiger partial charge in [0.15, 0.2) is 11.4 Å². The Morgan fingerprint density at radius 3 is 1.77 bits per heavy atom. The Hall–Kier alpha value is -2.90. The van der Waals surface area contributed by atoms with Crippen molar-refractivity contribution in [2.24, 2.45) is 0 Å². The molecule has 0 saturated carbocycles. The average Bonchev–Trinajstić information content (AvgIpc) is 2.57. The molecule has 1 aromatic heterocycles. The van der Waals surface area contributed by atoms with Gasteiger partial charge in [-0.1, -0.05) is 36.4 Å². The van der Waals surface area contributed by atoms with Gasteiger partial charge in [-0.25, -0.2) is 0 Å². The summed E-state index contributed by atoms with van der Waals surface area (Å²) >= 11 is 0. The van der Waals surface area contributed by atoms with E-state index in [2.05, 4.69) is 10.2 Å². The summed E-state index contributed by atoms with van der Waals surface area (Å²) in [7, 11) is 0. The number of hydrogen-bond donors (Lipinski definition) is 0. The number of hydrogen-bond acceptors (Lipinski definition) is 2. The number of alkyl halides is 6. The molecular formula is C18H8F6N2. The summed E-state index contributed by atoms with van der Waals surface area (Å²) in [6.45, 7) is 0. The summed E-state index contributed by atoms with van der Waals surface area (Å²) in [6.07, 6.45) is -9.85. The Morgan fingerprint density at radius 2 is 1.15 bits per heavy atom. The van der Waals surface area contributed by atoms with Crippen LogP contribution in [-0.2, 0) is 12.4 Å². The van der Waals surface area contributed by atoms with Crippen molar-refractivity contribution in [1.29, 1.82) is 0 Å². The van der Waals surface area contributed by atoms with Crippen molar-refractivity contribution in [3.8, 4) is 0 Å². The number of nitrogens with zero attached hydrogens (tertiary/aromatic N) is 2. The van der Waals surface area contributed by atoms with Crippen molar-refractivity contribution < 1.29 is 26.3 Å². The quantitative estimate of drug-likeness (QED) is 0.218. The summed E-state index contributed by atoms with van der Waals surface area (Å²) in [6, 6.07) is 12.4. The minimum Gasteiger partial charge on any atom is -0.164 e. The highest BCUT2D eigenvalue weighted by atomic mass is 19.4. The lowest BCUT2D eigenvalue weighted by Gasteiger charge is -2.15. The van der Waals surface area contributed by atoms with Gasteiger partial charge in [-0.2, -0.15) is 26.3 Å². The molecule has 26 heavy (non-hydrogen) atoms. The van der Waals surface area contributed by atoms with Crippen LogP contribution in [0.25, 0.3) is 32.3 Å². The Kier molecular flexibility index (Phi) is 3.37. The van der Waals surface area contributed by atoms with E-state index >= 15 is 0 Å². The predicted molar refractivity (Wildman–Crippen MR) is 84.6 cm³/mol. The molecule has 0 bridgehead atoms. The van der Waals surface area contributed by atoms with Crippen molar-refractivity contribution in [2.45, 2.75) is 12.4 Å². The third-order valence-electron chi connectivity index (χ3n) is 4.17. The molecule has 0 atom stereocenters. The van der Waals surface area contributed by atoms with Crippen LogP contribution in [0, 0.1) is 0 Å². The highest BCUT2D eigenvalue weighted by molar-refractivity contribution is 6.13. The summed E-state index contributed by atoms with van der Waals surface area (Å²) < 4.78 is 79.9. The van der Waals surface area contributed by atoms with Gasteiger partial charge in [-0.05, 0) is 33.7 Å². The maximum Gasteiger partial charge on any atom is 0.435 e. The normalized spacial score (nSPS) is 13.0. The fourth-order valence-electron chi connectivity index (χ4n) is 3.08. The molecule has 0 fully saturated rings. The highest BCUT2D eigenvalue weighted by Gasteiger charge is 2.41. The second-order valence-corrected chi connectivity index (χ2v) is 5.80. The molecule has 0 aliphatic heterocycles. The van der Waals surface area contributed by atoms with Crippen LogP contribution in [0.15, 0.2) is 48.5 Å². The second-order valence-electron chi connectivity index (χ2n) is 5.80. The number of fused-ring (bicyclic) bond motifs is 4. The summed E-state index contributed by atoms with van der Waals surface area (Å²) in [5, 5.41) is 6.31. The lowest BCUT2D eigenvalue weighted by molar-refractivity contribution is -0.145. The molecule has 0 amide bonds. The van der Waals surface area contributed by atoms with Gasteiger partial charge < -0.3 is 0 Å². The first-order valence-corrected chi connectivity index (χ1v) is 7.42. The van der Waals surface area contributed by atoms with Crippen LogP contribution >= 0.6 is 0 Å². The van der Waals surface area contributed by atoms with Crippen LogP contribution < -0.4 is 0 Å². The van der Waals surface area contributed by atoms with Gasteiger partial charge >= 0.3 is 12.4 Å². The summed E-state index contributed by atoms with van der Waals surface area (Å²) in [5.41, 5.74) is -2.86. The average molecular weight is 366 g/mol. The molecule has 2 nitrogen and oxygen atoms in total. The van der Waals surface area contributed by atoms with Gasteiger partial charge in [0.25, 0.3) is 0 Å². The lowest BCUT2D eigenvalue weighted by atomic mass is 9.96. The third kappa shape index (κ3) is 2.53. The van der Waals surface area contributed by atoms with Gasteiger partial charge in [0, 0.05) is 10.8 Å². The molecule has 4 aromatic rings. The Morgan fingerprint density at radius 1 is 0.577 bits per heavy atom. The van der Waals surface area contributed by atoms with E-state index in [1.807, 2.05) is 0 Å². The van der Waals surface area contributed by atoms with Crippen LogP contribution in [0.3, 0.4) is 0 Å². The first kappa shape index (κ1) is 16.6. The van der Waals surface area contributed by atoms with E-state index in [0.29, 0.717) is 10.8 Å². The Balaban J connectivity index is 2.25. The molecule has 0 aliphatic carbocycles. The fraction of sp³-hybridized carbons (Fsp3) is 0.111. The lowest BCUT2D eigenvalue weighted by Crippen LogP contribution is -2.16. The smallest absolute Gasteiger partial charge is 0.164 e. The zero-order chi connectivity index (χ0) is 18.7. The van der Waals surface area contributed by atoms with Crippen LogP contribution in [0.5, 0.6) is 0 Å². The standard InChI is InChI=1S/C18H8F6N2/c19-17(20,21)15-12-6-5-11-7-9-3-1-2-4-10(9)8-13(11)14(12)16(26-25-15)18(22,23)24/h1-8H. The minimum atomic E-state index is -4.94. The molecule has 0 unspecified atom stereocenters. The minimum absolute atomic E-state index is 0.0499. The molecule has 0 radical (unpaired) electrons. The van der Waals surface area contributed by atoms with Crippen LogP contribution in [0.1, 0.15) is 11.4 Å². The van der Waals surface area contributed by atoms with Gasteiger partial charge in [-0.15, -0.1) is 10.2 Å². The molecule has 4 rings (SSSR count). The number of rotatable bonds is 0. The van der Waals surface area contributed by atoms with Crippen LogP contribution in [-0.4, -0.2) is 10.2 Å². The number of benzene rings is 3. The van der Waals surface area contributed by atoms with E-state index in [1.54, 1.807) is 30.3 Å². The molecule has 8 heteroatoms. The van der Waals surface area contributed by atoms with Gasteiger partial charge in [-0.3, -0.25) is 0 Å². The Bertz CT molecular complexity index is 1160. The predicted octanol–water partition coefficient (Wildman–Crippen LogP) is 5.97. The van der Waals surface area contributed by atoms with Gasteiger partial charge in [0.05, 0.1) is 0 Å². The first-order chi connectivity index (χ1) is 12.2. The van der Waals surface area contributed by atoms with Crippen molar-refractivity contribution in [3.63, 3.8) is 0 Å². The first-order valence-electron chi connectivity index (χ1n) is 7.42. The van der Waals surface area contributed by atoms with E-state index in [-0.39, 0.29) is 5.39 Å². The van der Waals surface area contributed by atoms with E-state index in [9.17, 15) is 26.3 Å². The van der Waals surface area contributed by atoms with Gasteiger partial charge in [0.2, 0.25) is 0 Å². The second kappa shape index (κ2) is 5.30. The molecule has 0 N–H and O–H groups in total. The largest absolute Gasteiger partial charge is 0.435 e. The molecule has 0 aliphatic rings. The topological polar surface area (TPSA) is 25.8 Å². The van der Waals surface area contributed by atoms with Crippen molar-refractivity contribution in [3.05, 3.63) is 59.9 Å². The molecule has 3 aromatic carbocycles. The van der Waals surface area contributed by atoms with Crippen molar-refractivity contribution in [1.82, 2.24) is 10.2 Å². The van der Waals surface area contributed by atoms with Crippen LogP contribution in [0.2, 0.25) is 0 Å². The van der Waals surface area contributed by atoms with Crippen LogP contribution in [0.4, 0.5) is 26.3 Å². The van der Waals surface area contributed by atoms with E-state index < -0.39 is 34.5 Å². The summed E-state index contributed by atoms with van der Waals surface area (Å²) in [5.74, 6) is 0. The number of halogens is 6.